The van der Waals surface area contributed by atoms with Crippen molar-refractivity contribution < 1.29 is 4.79 Å². The SMILES string of the molecule is O=C(NC1CC1)c1csc(CSc2nnc(-c3ccncc3)n2-c2cccc(Cl)c2)n1. The number of thioether (sulfide) groups is 1. The van der Waals surface area contributed by atoms with Crippen LogP contribution >= 0.6 is 34.7 Å². The number of rotatable bonds is 7. The van der Waals surface area contributed by atoms with Crippen LogP contribution in [0.3, 0.4) is 0 Å². The lowest BCUT2D eigenvalue weighted by Gasteiger charge is -2.10. The average molecular weight is 469 g/mol. The highest BCUT2D eigenvalue weighted by Crippen LogP contribution is 2.31. The molecule has 1 aliphatic rings. The van der Waals surface area contributed by atoms with Gasteiger partial charge in [0.2, 0.25) is 0 Å². The van der Waals surface area contributed by atoms with Gasteiger partial charge in [0.25, 0.3) is 5.91 Å². The predicted molar refractivity (Wildman–Crippen MR) is 122 cm³/mol. The van der Waals surface area contributed by atoms with Crippen LogP contribution in [0.1, 0.15) is 28.3 Å². The van der Waals surface area contributed by atoms with Gasteiger partial charge in [0, 0.05) is 34.4 Å². The normalized spacial score (nSPS) is 13.3. The van der Waals surface area contributed by atoms with E-state index < -0.39 is 0 Å². The van der Waals surface area contributed by atoms with Gasteiger partial charge in [-0.05, 0) is 43.2 Å². The fourth-order valence-electron chi connectivity index (χ4n) is 2.99. The minimum Gasteiger partial charge on any atom is -0.348 e. The maximum Gasteiger partial charge on any atom is 0.270 e. The van der Waals surface area contributed by atoms with Gasteiger partial charge in [0.1, 0.15) is 10.7 Å². The molecule has 0 atom stereocenters. The summed E-state index contributed by atoms with van der Waals surface area (Å²) in [5.41, 5.74) is 2.25. The Labute approximate surface area is 191 Å². The molecule has 4 aromatic rings. The van der Waals surface area contributed by atoms with Crippen molar-refractivity contribution in [3.8, 4) is 17.1 Å². The van der Waals surface area contributed by atoms with Crippen molar-refractivity contribution in [3.05, 3.63) is 69.9 Å². The Balaban J connectivity index is 1.41. The van der Waals surface area contributed by atoms with Crippen LogP contribution < -0.4 is 5.32 Å². The summed E-state index contributed by atoms with van der Waals surface area (Å²) in [6.07, 6.45) is 5.56. The van der Waals surface area contributed by atoms with Crippen molar-refractivity contribution in [1.82, 2.24) is 30.0 Å². The van der Waals surface area contributed by atoms with Gasteiger partial charge in [-0.3, -0.25) is 14.3 Å². The van der Waals surface area contributed by atoms with Gasteiger partial charge in [0.15, 0.2) is 11.0 Å². The summed E-state index contributed by atoms with van der Waals surface area (Å²) in [7, 11) is 0. The van der Waals surface area contributed by atoms with E-state index in [1.807, 2.05) is 41.0 Å². The average Bonchev–Trinajstić information content (AvgIpc) is 3.30. The zero-order valence-electron chi connectivity index (χ0n) is 16.2. The Morgan fingerprint density at radius 3 is 2.84 bits per heavy atom. The molecule has 156 valence electrons. The molecule has 5 rings (SSSR count). The molecule has 0 unspecified atom stereocenters. The molecule has 1 aliphatic carbocycles. The van der Waals surface area contributed by atoms with E-state index in [0.29, 0.717) is 33.5 Å². The molecule has 0 bridgehead atoms. The molecular formula is C21H17ClN6OS2. The van der Waals surface area contributed by atoms with E-state index in [2.05, 4.69) is 25.5 Å². The van der Waals surface area contributed by atoms with Crippen molar-refractivity contribution in [2.24, 2.45) is 0 Å². The van der Waals surface area contributed by atoms with Crippen LogP contribution in [0.5, 0.6) is 0 Å². The highest BCUT2D eigenvalue weighted by atomic mass is 35.5. The number of pyridine rings is 1. The first kappa shape index (κ1) is 20.2. The van der Waals surface area contributed by atoms with Crippen molar-refractivity contribution in [2.45, 2.75) is 29.8 Å². The first-order chi connectivity index (χ1) is 15.2. The van der Waals surface area contributed by atoms with Gasteiger partial charge in [-0.25, -0.2) is 4.98 Å². The number of carbonyl (C=O) groups is 1. The largest absolute Gasteiger partial charge is 0.348 e. The quantitative estimate of drug-likeness (QED) is 0.398. The fourth-order valence-corrected chi connectivity index (χ4v) is 4.92. The number of thiazole rings is 1. The second kappa shape index (κ2) is 8.78. The third kappa shape index (κ3) is 4.63. The van der Waals surface area contributed by atoms with E-state index >= 15 is 0 Å². The lowest BCUT2D eigenvalue weighted by Crippen LogP contribution is -2.25. The van der Waals surface area contributed by atoms with Crippen LogP contribution in [-0.2, 0) is 5.75 Å². The highest BCUT2D eigenvalue weighted by Gasteiger charge is 2.25. The standard InChI is InChI=1S/C21H17ClN6OS2/c22-14-2-1-3-16(10-14)28-19(13-6-8-23-9-7-13)26-27-21(28)31-12-18-25-17(11-30-18)20(29)24-15-4-5-15/h1-3,6-11,15H,4-5,12H2,(H,24,29). The van der Waals surface area contributed by atoms with E-state index in [9.17, 15) is 4.79 Å². The molecule has 1 fully saturated rings. The fraction of sp³-hybridized carbons (Fsp3) is 0.190. The molecule has 1 saturated carbocycles. The number of amides is 1. The molecule has 10 heteroatoms. The Hall–Kier alpha value is -2.75. The van der Waals surface area contributed by atoms with Crippen LogP contribution in [0.4, 0.5) is 0 Å². The Bertz CT molecular complexity index is 1220. The highest BCUT2D eigenvalue weighted by molar-refractivity contribution is 7.98. The Morgan fingerprint density at radius 1 is 1.23 bits per heavy atom. The molecule has 0 aliphatic heterocycles. The minimum atomic E-state index is -0.0999. The molecular weight excluding hydrogens is 452 g/mol. The summed E-state index contributed by atoms with van der Waals surface area (Å²) in [6.45, 7) is 0. The van der Waals surface area contributed by atoms with Crippen molar-refractivity contribution >= 4 is 40.6 Å². The molecule has 3 heterocycles. The van der Waals surface area contributed by atoms with Crippen LogP contribution in [0.15, 0.2) is 59.3 Å². The lowest BCUT2D eigenvalue weighted by molar-refractivity contribution is 0.0946. The molecule has 0 spiro atoms. The summed E-state index contributed by atoms with van der Waals surface area (Å²) in [4.78, 5) is 20.8. The van der Waals surface area contributed by atoms with Gasteiger partial charge in [-0.15, -0.1) is 21.5 Å². The van der Waals surface area contributed by atoms with E-state index in [0.717, 1.165) is 29.1 Å². The van der Waals surface area contributed by atoms with Crippen LogP contribution in [0.25, 0.3) is 17.1 Å². The summed E-state index contributed by atoms with van der Waals surface area (Å²) in [6, 6.07) is 11.7. The second-order valence-electron chi connectivity index (χ2n) is 7.02. The maximum absolute atomic E-state index is 12.2. The minimum absolute atomic E-state index is 0.0999. The van der Waals surface area contributed by atoms with Crippen LogP contribution in [0, 0.1) is 0 Å². The van der Waals surface area contributed by atoms with Crippen LogP contribution in [-0.4, -0.2) is 36.7 Å². The lowest BCUT2D eigenvalue weighted by atomic mass is 10.2. The molecule has 1 amide bonds. The van der Waals surface area contributed by atoms with Crippen molar-refractivity contribution in [1.29, 1.82) is 0 Å². The summed E-state index contributed by atoms with van der Waals surface area (Å²) in [5.74, 6) is 1.18. The molecule has 1 N–H and O–H groups in total. The number of hydrogen-bond acceptors (Lipinski definition) is 7. The molecule has 0 saturated heterocycles. The predicted octanol–water partition coefficient (Wildman–Crippen LogP) is 4.62. The van der Waals surface area contributed by atoms with Crippen molar-refractivity contribution in [3.63, 3.8) is 0 Å². The number of hydrogen-bond donors (Lipinski definition) is 1. The summed E-state index contributed by atoms with van der Waals surface area (Å²) >= 11 is 9.23. The molecule has 7 nitrogen and oxygen atoms in total. The summed E-state index contributed by atoms with van der Waals surface area (Å²) < 4.78 is 1.97. The van der Waals surface area contributed by atoms with Crippen LogP contribution in [0.2, 0.25) is 5.02 Å². The van der Waals surface area contributed by atoms with E-state index in [1.54, 1.807) is 17.8 Å². The number of carbonyl (C=O) groups excluding carboxylic acids is 1. The van der Waals surface area contributed by atoms with Gasteiger partial charge < -0.3 is 5.32 Å². The number of nitrogens with zero attached hydrogens (tertiary/aromatic N) is 5. The maximum atomic E-state index is 12.2. The van der Waals surface area contributed by atoms with Crippen molar-refractivity contribution in [2.75, 3.05) is 0 Å². The topological polar surface area (TPSA) is 85.6 Å². The molecule has 31 heavy (non-hydrogen) atoms. The number of aromatic nitrogens is 5. The Kier molecular flexibility index (Phi) is 5.71. The van der Waals surface area contributed by atoms with E-state index in [-0.39, 0.29) is 5.91 Å². The third-order valence-corrected chi connectivity index (χ3v) is 6.87. The second-order valence-corrected chi connectivity index (χ2v) is 9.34. The monoisotopic (exact) mass is 468 g/mol. The van der Waals surface area contributed by atoms with Gasteiger partial charge >= 0.3 is 0 Å². The first-order valence-corrected chi connectivity index (χ1v) is 11.9. The van der Waals surface area contributed by atoms with Gasteiger partial charge in [-0.2, -0.15) is 0 Å². The van der Waals surface area contributed by atoms with E-state index in [4.69, 9.17) is 11.6 Å². The molecule has 1 aromatic carbocycles. The third-order valence-electron chi connectivity index (χ3n) is 4.66. The van der Waals surface area contributed by atoms with E-state index in [1.165, 1.54) is 23.1 Å². The zero-order chi connectivity index (χ0) is 21.2. The number of nitrogens with one attached hydrogen (secondary N) is 1. The smallest absolute Gasteiger partial charge is 0.270 e. The first-order valence-electron chi connectivity index (χ1n) is 9.67. The Morgan fingerprint density at radius 2 is 2.06 bits per heavy atom. The molecule has 3 aromatic heterocycles. The van der Waals surface area contributed by atoms with Gasteiger partial charge in [0.05, 0.1) is 11.4 Å². The molecule has 0 radical (unpaired) electrons. The van der Waals surface area contributed by atoms with Gasteiger partial charge in [-0.1, -0.05) is 29.4 Å². The zero-order valence-corrected chi connectivity index (χ0v) is 18.6. The summed E-state index contributed by atoms with van der Waals surface area (Å²) in [5, 5.41) is 15.8. The number of benzene rings is 1. The number of halogens is 1.